The molecule has 8 heteroatoms. The summed E-state index contributed by atoms with van der Waals surface area (Å²) in [6, 6.07) is 9.00. The molecule has 0 radical (unpaired) electrons. The van der Waals surface area contributed by atoms with E-state index in [0.29, 0.717) is 35.6 Å². The third kappa shape index (κ3) is 3.05. The molecule has 3 heterocycles. The second kappa shape index (κ2) is 6.62. The second-order valence-electron chi connectivity index (χ2n) is 6.63. The number of carbonyl (C=O) groups is 1. The standard InChI is InChI=1S/C18H20N6O2/c1-11(12-7-9-24(10-12)17(26)15-6-8-19-23-15)20-18-21-14-5-3-2-4-13(14)16(25)22-18/h2-6,8,11-12H,7,9-10H2,1H3,(H,19,23)(H2,20,21,22,25). The van der Waals surface area contributed by atoms with Crippen LogP contribution >= 0.6 is 0 Å². The van der Waals surface area contributed by atoms with Crippen LogP contribution in [-0.2, 0) is 0 Å². The van der Waals surface area contributed by atoms with Gasteiger partial charge < -0.3 is 10.2 Å². The topological polar surface area (TPSA) is 107 Å². The van der Waals surface area contributed by atoms with Gasteiger partial charge in [0.1, 0.15) is 5.69 Å². The van der Waals surface area contributed by atoms with E-state index in [4.69, 9.17) is 0 Å². The van der Waals surface area contributed by atoms with Crippen LogP contribution in [0.1, 0.15) is 23.8 Å². The van der Waals surface area contributed by atoms with Gasteiger partial charge in [-0.05, 0) is 37.5 Å². The number of aromatic nitrogens is 4. The van der Waals surface area contributed by atoms with Crippen molar-refractivity contribution in [3.05, 3.63) is 52.6 Å². The first kappa shape index (κ1) is 16.3. The number of para-hydroxylation sites is 1. The SMILES string of the molecule is CC(Nc1nc2ccccc2c(=O)[nH]1)C1CCN(C(=O)c2ccn[nH]2)C1. The molecule has 26 heavy (non-hydrogen) atoms. The number of likely N-dealkylation sites (tertiary alicyclic amines) is 1. The van der Waals surface area contributed by atoms with E-state index in [2.05, 4.69) is 25.5 Å². The van der Waals surface area contributed by atoms with E-state index in [0.717, 1.165) is 6.42 Å². The Kier molecular flexibility index (Phi) is 4.16. The molecule has 8 nitrogen and oxygen atoms in total. The largest absolute Gasteiger partial charge is 0.353 e. The van der Waals surface area contributed by atoms with Crippen LogP contribution in [0.3, 0.4) is 0 Å². The number of amides is 1. The minimum atomic E-state index is -0.159. The molecule has 0 saturated carbocycles. The quantitative estimate of drug-likeness (QED) is 0.661. The zero-order valence-electron chi connectivity index (χ0n) is 14.4. The van der Waals surface area contributed by atoms with Gasteiger partial charge in [0.25, 0.3) is 11.5 Å². The predicted molar refractivity (Wildman–Crippen MR) is 98.0 cm³/mol. The monoisotopic (exact) mass is 352 g/mol. The smallest absolute Gasteiger partial charge is 0.271 e. The maximum atomic E-state index is 12.4. The minimum absolute atomic E-state index is 0.0329. The number of aromatic amines is 2. The van der Waals surface area contributed by atoms with Gasteiger partial charge in [0, 0.05) is 25.3 Å². The zero-order valence-corrected chi connectivity index (χ0v) is 14.4. The molecule has 2 aromatic heterocycles. The van der Waals surface area contributed by atoms with Gasteiger partial charge in [-0.25, -0.2) is 4.98 Å². The Hall–Kier alpha value is -3.16. The van der Waals surface area contributed by atoms with Crippen molar-refractivity contribution in [3.8, 4) is 0 Å². The van der Waals surface area contributed by atoms with Crippen molar-refractivity contribution in [1.29, 1.82) is 0 Å². The Morgan fingerprint density at radius 2 is 2.19 bits per heavy atom. The average Bonchev–Trinajstić information content (AvgIpc) is 3.33. The number of rotatable bonds is 4. The van der Waals surface area contributed by atoms with Crippen molar-refractivity contribution in [3.63, 3.8) is 0 Å². The van der Waals surface area contributed by atoms with Gasteiger partial charge in [0.05, 0.1) is 10.9 Å². The van der Waals surface area contributed by atoms with Crippen molar-refractivity contribution in [2.75, 3.05) is 18.4 Å². The Labute approximate surface area is 149 Å². The van der Waals surface area contributed by atoms with Crippen LogP contribution in [0.25, 0.3) is 10.9 Å². The highest BCUT2D eigenvalue weighted by atomic mass is 16.2. The molecule has 1 aromatic carbocycles. The van der Waals surface area contributed by atoms with Crippen LogP contribution < -0.4 is 10.9 Å². The molecule has 1 aliphatic rings. The van der Waals surface area contributed by atoms with Gasteiger partial charge in [-0.15, -0.1) is 0 Å². The first-order chi connectivity index (χ1) is 12.6. The molecule has 2 atom stereocenters. The normalized spacial score (nSPS) is 18.2. The fourth-order valence-corrected chi connectivity index (χ4v) is 3.41. The van der Waals surface area contributed by atoms with Crippen molar-refractivity contribution in [1.82, 2.24) is 25.1 Å². The van der Waals surface area contributed by atoms with E-state index in [1.165, 1.54) is 0 Å². The first-order valence-electron chi connectivity index (χ1n) is 8.66. The molecule has 2 unspecified atom stereocenters. The third-order valence-electron chi connectivity index (χ3n) is 4.93. The molecule has 0 bridgehead atoms. The summed E-state index contributed by atoms with van der Waals surface area (Å²) in [5.41, 5.74) is 1.01. The first-order valence-corrected chi connectivity index (χ1v) is 8.66. The summed E-state index contributed by atoms with van der Waals surface area (Å²) in [6.07, 6.45) is 2.47. The Morgan fingerprint density at radius 3 is 3.00 bits per heavy atom. The highest BCUT2D eigenvalue weighted by molar-refractivity contribution is 5.92. The van der Waals surface area contributed by atoms with Gasteiger partial charge >= 0.3 is 0 Å². The van der Waals surface area contributed by atoms with E-state index >= 15 is 0 Å². The molecule has 3 N–H and O–H groups in total. The van der Waals surface area contributed by atoms with Crippen LogP contribution in [0.15, 0.2) is 41.3 Å². The zero-order chi connectivity index (χ0) is 18.1. The van der Waals surface area contributed by atoms with Crippen molar-refractivity contribution in [2.45, 2.75) is 19.4 Å². The number of carbonyl (C=O) groups excluding carboxylic acids is 1. The number of hydrogen-bond acceptors (Lipinski definition) is 5. The van der Waals surface area contributed by atoms with E-state index in [9.17, 15) is 9.59 Å². The third-order valence-corrected chi connectivity index (χ3v) is 4.93. The lowest BCUT2D eigenvalue weighted by molar-refractivity contribution is 0.0780. The van der Waals surface area contributed by atoms with Crippen LogP contribution in [-0.4, -0.2) is 50.1 Å². The number of fused-ring (bicyclic) bond motifs is 1. The highest BCUT2D eigenvalue weighted by Crippen LogP contribution is 2.23. The molecule has 1 amide bonds. The number of hydrogen-bond donors (Lipinski definition) is 3. The van der Waals surface area contributed by atoms with Crippen LogP contribution in [0.5, 0.6) is 0 Å². The molecular weight excluding hydrogens is 332 g/mol. The van der Waals surface area contributed by atoms with Crippen LogP contribution in [0.2, 0.25) is 0 Å². The lowest BCUT2D eigenvalue weighted by atomic mass is 10.0. The molecule has 1 saturated heterocycles. The molecule has 0 aliphatic carbocycles. The number of nitrogens with one attached hydrogen (secondary N) is 3. The van der Waals surface area contributed by atoms with Crippen LogP contribution in [0, 0.1) is 5.92 Å². The Balaban J connectivity index is 1.45. The molecule has 1 aliphatic heterocycles. The number of nitrogens with zero attached hydrogens (tertiary/aromatic N) is 3. The maximum absolute atomic E-state index is 12.4. The Morgan fingerprint density at radius 1 is 1.35 bits per heavy atom. The number of H-pyrrole nitrogens is 2. The van der Waals surface area contributed by atoms with Crippen molar-refractivity contribution in [2.24, 2.45) is 5.92 Å². The van der Waals surface area contributed by atoms with Crippen molar-refractivity contribution >= 4 is 22.8 Å². The summed E-state index contributed by atoms with van der Waals surface area (Å²) < 4.78 is 0. The van der Waals surface area contributed by atoms with E-state index in [1.807, 2.05) is 30.0 Å². The van der Waals surface area contributed by atoms with E-state index < -0.39 is 0 Å². The molecule has 4 rings (SSSR count). The van der Waals surface area contributed by atoms with Gasteiger partial charge in [0.2, 0.25) is 5.95 Å². The fourth-order valence-electron chi connectivity index (χ4n) is 3.41. The summed E-state index contributed by atoms with van der Waals surface area (Å²) in [6.45, 7) is 3.41. The summed E-state index contributed by atoms with van der Waals surface area (Å²) in [5, 5.41) is 10.4. The van der Waals surface area contributed by atoms with Crippen molar-refractivity contribution < 1.29 is 4.79 Å². The fraction of sp³-hybridized carbons (Fsp3) is 0.333. The number of benzene rings is 1. The average molecular weight is 352 g/mol. The summed E-state index contributed by atoms with van der Waals surface area (Å²) in [5.74, 6) is 0.702. The molecular formula is C18H20N6O2. The minimum Gasteiger partial charge on any atom is -0.353 e. The van der Waals surface area contributed by atoms with Crippen LogP contribution in [0.4, 0.5) is 5.95 Å². The summed E-state index contributed by atoms with van der Waals surface area (Å²) in [4.78, 5) is 33.7. The molecule has 0 spiro atoms. The summed E-state index contributed by atoms with van der Waals surface area (Å²) >= 11 is 0. The highest BCUT2D eigenvalue weighted by Gasteiger charge is 2.31. The van der Waals surface area contributed by atoms with Gasteiger partial charge in [-0.2, -0.15) is 5.10 Å². The molecule has 3 aromatic rings. The second-order valence-corrected chi connectivity index (χ2v) is 6.63. The maximum Gasteiger partial charge on any atom is 0.271 e. The van der Waals surface area contributed by atoms with E-state index in [-0.39, 0.29) is 23.4 Å². The Bertz CT molecular complexity index is 981. The summed E-state index contributed by atoms with van der Waals surface area (Å²) in [7, 11) is 0. The van der Waals surface area contributed by atoms with Gasteiger partial charge in [-0.3, -0.25) is 19.7 Å². The lowest BCUT2D eigenvalue weighted by Gasteiger charge is -2.21. The molecule has 1 fully saturated rings. The van der Waals surface area contributed by atoms with Gasteiger partial charge in [-0.1, -0.05) is 12.1 Å². The lowest BCUT2D eigenvalue weighted by Crippen LogP contribution is -2.33. The number of anilines is 1. The molecule has 134 valence electrons. The predicted octanol–water partition coefficient (Wildman–Crippen LogP) is 1.61. The van der Waals surface area contributed by atoms with E-state index in [1.54, 1.807) is 18.3 Å². The van der Waals surface area contributed by atoms with Gasteiger partial charge in [0.15, 0.2) is 0 Å².